The van der Waals surface area contributed by atoms with E-state index in [0.29, 0.717) is 19.4 Å². The monoisotopic (exact) mass is 265 g/mol. The Labute approximate surface area is 102 Å². The summed E-state index contributed by atoms with van der Waals surface area (Å²) in [7, 11) is -3.52. The largest absolute Gasteiger partial charge is 0.480 e. The number of carbonyl (C=O) groups is 1. The lowest BCUT2D eigenvalue weighted by Crippen LogP contribution is -2.42. The number of hydrogen-bond acceptors (Lipinski definition) is 4. The number of nitrogens with zero attached hydrogens (tertiary/aromatic N) is 1. The van der Waals surface area contributed by atoms with Crippen LogP contribution in [0.5, 0.6) is 0 Å². The lowest BCUT2D eigenvalue weighted by atomic mass is 10.2. The van der Waals surface area contributed by atoms with Crippen molar-refractivity contribution in [2.45, 2.75) is 38.8 Å². The molecule has 0 unspecified atom stereocenters. The van der Waals surface area contributed by atoms with Crippen molar-refractivity contribution >= 4 is 16.0 Å². The first kappa shape index (κ1) is 14.4. The molecule has 1 rings (SSSR count). The number of ether oxygens (including phenoxy) is 1. The molecule has 100 valence electrons. The Morgan fingerprint density at radius 1 is 1.53 bits per heavy atom. The highest BCUT2D eigenvalue weighted by Crippen LogP contribution is 2.21. The van der Waals surface area contributed by atoms with Crippen molar-refractivity contribution in [3.63, 3.8) is 0 Å². The van der Waals surface area contributed by atoms with Crippen LogP contribution < -0.4 is 0 Å². The average Bonchev–Trinajstić information content (AvgIpc) is 2.65. The Hall–Kier alpha value is -0.660. The molecule has 17 heavy (non-hydrogen) atoms. The van der Waals surface area contributed by atoms with E-state index >= 15 is 0 Å². The van der Waals surface area contributed by atoms with Gasteiger partial charge in [0.05, 0.1) is 18.5 Å². The fourth-order valence-electron chi connectivity index (χ4n) is 1.83. The summed E-state index contributed by atoms with van der Waals surface area (Å²) in [6.07, 6.45) is 0.958. The molecule has 1 fully saturated rings. The average molecular weight is 265 g/mol. The molecule has 1 atom stereocenters. The molecule has 1 aliphatic heterocycles. The van der Waals surface area contributed by atoms with Crippen molar-refractivity contribution < 1.29 is 23.1 Å². The molecule has 1 saturated heterocycles. The third kappa shape index (κ3) is 3.93. The van der Waals surface area contributed by atoms with Gasteiger partial charge in [0.25, 0.3) is 0 Å². The second kappa shape index (κ2) is 5.79. The van der Waals surface area contributed by atoms with Crippen LogP contribution in [0.1, 0.15) is 26.7 Å². The molecular weight excluding hydrogens is 246 g/mol. The van der Waals surface area contributed by atoms with Gasteiger partial charge in [0.1, 0.15) is 6.04 Å². The lowest BCUT2D eigenvalue weighted by Gasteiger charge is -2.21. The molecular formula is C10H19NO5S. The molecule has 6 nitrogen and oxygen atoms in total. The summed E-state index contributed by atoms with van der Waals surface area (Å²) < 4.78 is 30.1. The van der Waals surface area contributed by atoms with Crippen molar-refractivity contribution in [3.8, 4) is 0 Å². The zero-order chi connectivity index (χ0) is 13.1. The van der Waals surface area contributed by atoms with Gasteiger partial charge in [-0.2, -0.15) is 4.31 Å². The van der Waals surface area contributed by atoms with Gasteiger partial charge < -0.3 is 9.84 Å². The molecule has 0 aromatic rings. The fraction of sp³-hybridized carbons (Fsp3) is 0.900. The molecule has 0 aromatic heterocycles. The van der Waals surface area contributed by atoms with E-state index in [9.17, 15) is 13.2 Å². The Kier molecular flexibility index (Phi) is 4.91. The van der Waals surface area contributed by atoms with Gasteiger partial charge in [-0.1, -0.05) is 0 Å². The van der Waals surface area contributed by atoms with Gasteiger partial charge in [-0.05, 0) is 26.7 Å². The minimum Gasteiger partial charge on any atom is -0.480 e. The second-order valence-electron chi connectivity index (χ2n) is 4.34. The summed E-state index contributed by atoms with van der Waals surface area (Å²) in [6.45, 7) is 4.04. The SMILES string of the molecule is CC(C)OCCS(=O)(=O)N1CCC[C@@H]1C(=O)O. The molecule has 0 spiro atoms. The summed E-state index contributed by atoms with van der Waals surface area (Å²) in [4.78, 5) is 10.9. The number of carboxylic acid groups (broad SMARTS) is 1. The minimum absolute atomic E-state index is 0.0287. The predicted octanol–water partition coefficient (Wildman–Crippen LogP) is 0.290. The van der Waals surface area contributed by atoms with E-state index in [1.165, 1.54) is 0 Å². The van der Waals surface area contributed by atoms with Gasteiger partial charge in [0.2, 0.25) is 10.0 Å². The quantitative estimate of drug-likeness (QED) is 0.746. The van der Waals surface area contributed by atoms with E-state index in [1.54, 1.807) is 0 Å². The first-order valence-electron chi connectivity index (χ1n) is 5.68. The lowest BCUT2D eigenvalue weighted by molar-refractivity contribution is -0.140. The summed E-state index contributed by atoms with van der Waals surface area (Å²) >= 11 is 0. The summed E-state index contributed by atoms with van der Waals surface area (Å²) in [5.74, 6) is -1.23. The van der Waals surface area contributed by atoms with Gasteiger partial charge in [-0.3, -0.25) is 4.79 Å². The molecule has 0 amide bonds. The molecule has 0 aromatic carbocycles. The van der Waals surface area contributed by atoms with E-state index in [0.717, 1.165) is 4.31 Å². The van der Waals surface area contributed by atoms with E-state index in [-0.39, 0.29) is 18.5 Å². The molecule has 7 heteroatoms. The maximum absolute atomic E-state index is 11.9. The van der Waals surface area contributed by atoms with Crippen LogP contribution in [-0.2, 0) is 19.6 Å². The smallest absolute Gasteiger partial charge is 0.322 e. The Balaban J connectivity index is 2.60. The van der Waals surface area contributed by atoms with Crippen LogP contribution in [-0.4, -0.2) is 54.8 Å². The van der Waals surface area contributed by atoms with Gasteiger partial charge in [-0.15, -0.1) is 0 Å². The highest BCUT2D eigenvalue weighted by molar-refractivity contribution is 7.89. The normalized spacial score (nSPS) is 22.2. The van der Waals surface area contributed by atoms with Gasteiger partial charge >= 0.3 is 5.97 Å². The maximum Gasteiger partial charge on any atom is 0.322 e. The first-order chi connectivity index (χ1) is 7.84. The van der Waals surface area contributed by atoms with Crippen molar-refractivity contribution in [1.29, 1.82) is 0 Å². The summed E-state index contributed by atoms with van der Waals surface area (Å²) in [5, 5.41) is 8.92. The number of aliphatic carboxylic acids is 1. The van der Waals surface area contributed by atoms with E-state index in [2.05, 4.69) is 0 Å². The number of carboxylic acids is 1. The molecule has 0 bridgehead atoms. The van der Waals surface area contributed by atoms with Crippen LogP contribution in [0.3, 0.4) is 0 Å². The number of rotatable bonds is 6. The molecule has 1 aliphatic rings. The Morgan fingerprint density at radius 3 is 2.71 bits per heavy atom. The van der Waals surface area contributed by atoms with Crippen molar-refractivity contribution in [2.75, 3.05) is 18.9 Å². The van der Waals surface area contributed by atoms with Crippen LogP contribution in [0.2, 0.25) is 0 Å². The minimum atomic E-state index is -3.52. The zero-order valence-electron chi connectivity index (χ0n) is 10.1. The molecule has 1 N–H and O–H groups in total. The van der Waals surface area contributed by atoms with E-state index in [1.807, 2.05) is 13.8 Å². The van der Waals surface area contributed by atoms with Crippen LogP contribution in [0.25, 0.3) is 0 Å². The van der Waals surface area contributed by atoms with E-state index < -0.39 is 22.0 Å². The van der Waals surface area contributed by atoms with Crippen LogP contribution >= 0.6 is 0 Å². The molecule has 1 heterocycles. The van der Waals surface area contributed by atoms with Gasteiger partial charge in [0, 0.05) is 6.54 Å². The van der Waals surface area contributed by atoms with Crippen molar-refractivity contribution in [2.24, 2.45) is 0 Å². The molecule has 0 radical (unpaired) electrons. The zero-order valence-corrected chi connectivity index (χ0v) is 10.9. The summed E-state index contributed by atoms with van der Waals surface area (Å²) in [5.41, 5.74) is 0. The third-order valence-electron chi connectivity index (χ3n) is 2.64. The molecule has 0 aliphatic carbocycles. The van der Waals surface area contributed by atoms with Crippen molar-refractivity contribution in [1.82, 2.24) is 4.31 Å². The summed E-state index contributed by atoms with van der Waals surface area (Å²) in [6, 6.07) is -0.904. The van der Waals surface area contributed by atoms with E-state index in [4.69, 9.17) is 9.84 Å². The maximum atomic E-state index is 11.9. The van der Waals surface area contributed by atoms with Gasteiger partial charge in [-0.25, -0.2) is 8.42 Å². The standard InChI is InChI=1S/C10H19NO5S/c1-8(2)16-6-7-17(14,15)11-5-3-4-9(11)10(12)13/h8-9H,3-7H2,1-2H3,(H,12,13)/t9-/m1/s1. The third-order valence-corrected chi connectivity index (χ3v) is 4.47. The first-order valence-corrected chi connectivity index (χ1v) is 7.29. The van der Waals surface area contributed by atoms with Crippen molar-refractivity contribution in [3.05, 3.63) is 0 Å². The van der Waals surface area contributed by atoms with Crippen LogP contribution in [0.4, 0.5) is 0 Å². The molecule has 0 saturated carbocycles. The predicted molar refractivity (Wildman–Crippen MR) is 62.2 cm³/mol. The number of hydrogen-bond donors (Lipinski definition) is 1. The Bertz CT molecular complexity index is 365. The highest BCUT2D eigenvalue weighted by Gasteiger charge is 2.38. The van der Waals surface area contributed by atoms with Crippen LogP contribution in [0.15, 0.2) is 0 Å². The number of sulfonamides is 1. The topological polar surface area (TPSA) is 83.9 Å². The van der Waals surface area contributed by atoms with Crippen LogP contribution in [0, 0.1) is 0 Å². The fourth-order valence-corrected chi connectivity index (χ4v) is 3.36. The second-order valence-corrected chi connectivity index (χ2v) is 6.38. The Morgan fingerprint density at radius 2 is 2.18 bits per heavy atom. The van der Waals surface area contributed by atoms with Gasteiger partial charge in [0.15, 0.2) is 0 Å². The highest BCUT2D eigenvalue weighted by atomic mass is 32.2.